The maximum atomic E-state index is 12.7. The van der Waals surface area contributed by atoms with Crippen LogP contribution in [0.3, 0.4) is 0 Å². The molecule has 0 unspecified atom stereocenters. The number of nitrogens with zero attached hydrogens (tertiary/aromatic N) is 3. The Bertz CT molecular complexity index is 926. The Hall–Kier alpha value is -2.61. The zero-order chi connectivity index (χ0) is 18.9. The Balaban J connectivity index is 1.49. The summed E-state index contributed by atoms with van der Waals surface area (Å²) in [5.41, 5.74) is 2.07. The van der Waals surface area contributed by atoms with Crippen LogP contribution in [-0.4, -0.2) is 50.4 Å². The first-order valence-corrected chi connectivity index (χ1v) is 10.8. The van der Waals surface area contributed by atoms with E-state index < -0.39 is 10.0 Å². The molecular weight excluding hydrogens is 364 g/mol. The molecule has 1 aromatic carbocycles. The van der Waals surface area contributed by atoms with Crippen molar-refractivity contribution >= 4 is 33.1 Å². The van der Waals surface area contributed by atoms with Crippen molar-refractivity contribution < 1.29 is 13.2 Å². The molecule has 1 amide bonds. The summed E-state index contributed by atoms with van der Waals surface area (Å²) < 4.78 is 27.4. The Labute approximate surface area is 159 Å². The number of piperidine rings is 1. The predicted molar refractivity (Wildman–Crippen MR) is 106 cm³/mol. The van der Waals surface area contributed by atoms with Crippen molar-refractivity contribution in [3.05, 3.63) is 48.2 Å². The summed E-state index contributed by atoms with van der Waals surface area (Å²) in [4.78, 5) is 16.7. The number of allylic oxidation sites excluding steroid dienone is 2. The third-order valence-electron chi connectivity index (χ3n) is 4.95. The molecule has 0 spiro atoms. The Morgan fingerprint density at radius 2 is 1.78 bits per heavy atom. The maximum Gasteiger partial charge on any atom is 0.259 e. The molecule has 1 saturated heterocycles. The van der Waals surface area contributed by atoms with Gasteiger partial charge in [0, 0.05) is 37.2 Å². The van der Waals surface area contributed by atoms with Gasteiger partial charge in [-0.25, -0.2) is 8.42 Å². The number of hydrogen-bond donors (Lipinski definition) is 1. The van der Waals surface area contributed by atoms with Crippen LogP contribution in [0.25, 0.3) is 0 Å². The van der Waals surface area contributed by atoms with E-state index in [1.807, 2.05) is 24.3 Å². The number of benzene rings is 1. The fourth-order valence-corrected chi connectivity index (χ4v) is 4.48. The molecule has 0 atom stereocenters. The third-order valence-corrected chi connectivity index (χ3v) is 6.10. The number of amides is 1. The van der Waals surface area contributed by atoms with E-state index in [1.54, 1.807) is 23.3 Å². The minimum absolute atomic E-state index is 0.0479. The number of sulfonamides is 1. The predicted octanol–water partition coefficient (Wildman–Crippen LogP) is 2.11. The summed E-state index contributed by atoms with van der Waals surface area (Å²) in [5.74, 6) is -0.231. The Morgan fingerprint density at radius 1 is 1.04 bits per heavy atom. The van der Waals surface area contributed by atoms with Crippen LogP contribution in [0.1, 0.15) is 19.3 Å². The quantitative estimate of drug-likeness (QED) is 0.860. The van der Waals surface area contributed by atoms with Gasteiger partial charge in [-0.3, -0.25) is 4.79 Å². The average Bonchev–Trinajstić information content (AvgIpc) is 2.68. The van der Waals surface area contributed by atoms with Crippen LogP contribution >= 0.6 is 0 Å². The van der Waals surface area contributed by atoms with Crippen molar-refractivity contribution in [2.75, 3.05) is 35.6 Å². The molecule has 0 bridgehead atoms. The third kappa shape index (κ3) is 3.90. The summed E-state index contributed by atoms with van der Waals surface area (Å²) in [5, 5.41) is 2.84. The van der Waals surface area contributed by atoms with Gasteiger partial charge in [0.1, 0.15) is 0 Å². The first kappa shape index (κ1) is 17.8. The first-order valence-electron chi connectivity index (χ1n) is 9.16. The van der Waals surface area contributed by atoms with E-state index in [2.05, 4.69) is 14.6 Å². The van der Waals surface area contributed by atoms with Gasteiger partial charge >= 0.3 is 0 Å². The second-order valence-electron chi connectivity index (χ2n) is 6.86. The first-order chi connectivity index (χ1) is 13.0. The molecule has 3 heterocycles. The lowest BCUT2D eigenvalue weighted by Crippen LogP contribution is -2.40. The minimum atomic E-state index is -3.52. The molecule has 0 aromatic heterocycles. The largest absolute Gasteiger partial charge is 0.372 e. The van der Waals surface area contributed by atoms with E-state index >= 15 is 0 Å². The number of hydrogen-bond acceptors (Lipinski definition) is 5. The minimum Gasteiger partial charge on any atom is -0.372 e. The van der Waals surface area contributed by atoms with Crippen LogP contribution < -0.4 is 10.2 Å². The van der Waals surface area contributed by atoms with Gasteiger partial charge in [0.25, 0.3) is 15.9 Å². The molecule has 4 rings (SSSR count). The number of nitrogens with one attached hydrogen (secondary N) is 1. The zero-order valence-electron chi connectivity index (χ0n) is 15.0. The number of anilines is 2. The van der Waals surface area contributed by atoms with E-state index in [0.29, 0.717) is 12.2 Å². The maximum absolute atomic E-state index is 12.7. The van der Waals surface area contributed by atoms with Gasteiger partial charge in [0.2, 0.25) is 0 Å². The second-order valence-corrected chi connectivity index (χ2v) is 8.62. The normalized spacial score (nSPS) is 21.2. The monoisotopic (exact) mass is 386 g/mol. The topological polar surface area (TPSA) is 82.1 Å². The van der Waals surface area contributed by atoms with E-state index in [-0.39, 0.29) is 23.1 Å². The van der Waals surface area contributed by atoms with Gasteiger partial charge in [-0.2, -0.15) is 0 Å². The molecule has 0 radical (unpaired) electrons. The summed E-state index contributed by atoms with van der Waals surface area (Å²) >= 11 is 0. The van der Waals surface area contributed by atoms with Crippen molar-refractivity contribution in [2.24, 2.45) is 4.40 Å². The highest BCUT2D eigenvalue weighted by atomic mass is 32.2. The lowest BCUT2D eigenvalue weighted by Gasteiger charge is -2.29. The van der Waals surface area contributed by atoms with E-state index in [0.717, 1.165) is 18.8 Å². The highest BCUT2D eigenvalue weighted by Crippen LogP contribution is 2.23. The zero-order valence-corrected chi connectivity index (χ0v) is 15.8. The Morgan fingerprint density at radius 3 is 2.52 bits per heavy atom. The lowest BCUT2D eigenvalue weighted by molar-refractivity contribution is -0.112. The smallest absolute Gasteiger partial charge is 0.259 e. The van der Waals surface area contributed by atoms with Crippen molar-refractivity contribution in [1.29, 1.82) is 0 Å². The molecular formula is C19H22N4O3S. The number of rotatable bonds is 3. The van der Waals surface area contributed by atoms with Gasteiger partial charge in [-0.05, 0) is 55.7 Å². The van der Waals surface area contributed by atoms with Crippen molar-refractivity contribution in [1.82, 2.24) is 4.90 Å². The van der Waals surface area contributed by atoms with Crippen LogP contribution in [0.15, 0.2) is 52.6 Å². The molecule has 1 fully saturated rings. The summed E-state index contributed by atoms with van der Waals surface area (Å²) in [6.45, 7) is 2.43. The van der Waals surface area contributed by atoms with Crippen LogP contribution in [0, 0.1) is 0 Å². The van der Waals surface area contributed by atoms with Gasteiger partial charge in [0.15, 0.2) is 5.84 Å². The van der Waals surface area contributed by atoms with Crippen molar-refractivity contribution in [3.63, 3.8) is 0 Å². The van der Waals surface area contributed by atoms with Crippen LogP contribution in [0.2, 0.25) is 0 Å². The molecule has 0 saturated carbocycles. The van der Waals surface area contributed by atoms with Gasteiger partial charge < -0.3 is 15.1 Å². The van der Waals surface area contributed by atoms with E-state index in [4.69, 9.17) is 0 Å². The molecule has 3 aliphatic heterocycles. The molecule has 1 aromatic rings. The van der Waals surface area contributed by atoms with Crippen LogP contribution in [-0.2, 0) is 14.8 Å². The highest BCUT2D eigenvalue weighted by molar-refractivity contribution is 7.90. The molecule has 0 aliphatic carbocycles. The van der Waals surface area contributed by atoms with Crippen LogP contribution in [0.4, 0.5) is 11.4 Å². The molecule has 8 heteroatoms. The fourth-order valence-electron chi connectivity index (χ4n) is 3.50. The van der Waals surface area contributed by atoms with Gasteiger partial charge in [0.05, 0.1) is 11.3 Å². The van der Waals surface area contributed by atoms with Crippen molar-refractivity contribution in [3.8, 4) is 0 Å². The number of carbonyl (C=O) groups is 1. The highest BCUT2D eigenvalue weighted by Gasteiger charge is 2.29. The van der Waals surface area contributed by atoms with E-state index in [1.165, 1.54) is 19.3 Å². The van der Waals surface area contributed by atoms with Gasteiger partial charge in [-0.15, -0.1) is 4.40 Å². The number of fused-ring (bicyclic) bond motifs is 1. The molecule has 27 heavy (non-hydrogen) atoms. The fraction of sp³-hybridized carbons (Fsp3) is 0.368. The summed E-state index contributed by atoms with van der Waals surface area (Å²) in [6, 6.07) is 7.76. The average molecular weight is 386 g/mol. The molecule has 7 nitrogen and oxygen atoms in total. The summed E-state index contributed by atoms with van der Waals surface area (Å²) in [6.07, 6.45) is 8.75. The molecule has 3 aliphatic rings. The SMILES string of the molecule is O=C(Nc1ccc(N2CCCCC2)cc1)C1=CC=CN2CCS(=O)(=O)N=C12. The number of carbonyl (C=O) groups excluding carboxylic acids is 1. The lowest BCUT2D eigenvalue weighted by atomic mass is 10.1. The molecule has 142 valence electrons. The Kier molecular flexibility index (Phi) is 4.73. The van der Waals surface area contributed by atoms with Crippen LogP contribution in [0.5, 0.6) is 0 Å². The van der Waals surface area contributed by atoms with E-state index in [9.17, 15) is 13.2 Å². The van der Waals surface area contributed by atoms with Crippen molar-refractivity contribution in [2.45, 2.75) is 19.3 Å². The molecule has 1 N–H and O–H groups in total. The van der Waals surface area contributed by atoms with Gasteiger partial charge in [-0.1, -0.05) is 0 Å². The summed E-state index contributed by atoms with van der Waals surface area (Å²) in [7, 11) is -3.52. The number of amidine groups is 1. The second kappa shape index (κ2) is 7.19. The standard InChI is InChI=1S/C19H22N4O3S/c24-19(17-5-4-12-23-13-14-27(25,26)21-18(17)23)20-15-6-8-16(9-7-15)22-10-2-1-3-11-22/h4-9,12H,1-3,10-11,13-14H2,(H,20,24).